The number of pyridine rings is 1. The molecule has 2 rings (SSSR count). The van der Waals surface area contributed by atoms with Gasteiger partial charge in [-0.15, -0.1) is 17.8 Å². The van der Waals surface area contributed by atoms with Crippen LogP contribution >= 0.6 is 11.3 Å². The van der Waals surface area contributed by atoms with Crippen LogP contribution in [0, 0.1) is 12.3 Å². The number of hydrogen-bond acceptors (Lipinski definition) is 2. The SMILES string of the molecule is C#Cc1ccc(-c2ccccn2)s1. The van der Waals surface area contributed by atoms with Crippen LogP contribution < -0.4 is 0 Å². The molecule has 2 heterocycles. The van der Waals surface area contributed by atoms with Crippen LogP contribution in [0.25, 0.3) is 10.6 Å². The van der Waals surface area contributed by atoms with Crippen molar-refractivity contribution in [1.82, 2.24) is 4.98 Å². The summed E-state index contributed by atoms with van der Waals surface area (Å²) in [6.07, 6.45) is 7.06. The van der Waals surface area contributed by atoms with E-state index in [-0.39, 0.29) is 0 Å². The van der Waals surface area contributed by atoms with Crippen LogP contribution in [-0.4, -0.2) is 4.98 Å². The third-order valence-corrected chi connectivity index (χ3v) is 2.70. The van der Waals surface area contributed by atoms with Crippen molar-refractivity contribution in [2.45, 2.75) is 0 Å². The van der Waals surface area contributed by atoms with Gasteiger partial charge in [0.05, 0.1) is 15.4 Å². The maximum Gasteiger partial charge on any atom is 0.0802 e. The summed E-state index contributed by atoms with van der Waals surface area (Å²) in [7, 11) is 0. The fraction of sp³-hybridized carbons (Fsp3) is 0. The van der Waals surface area contributed by atoms with Crippen LogP contribution in [0.5, 0.6) is 0 Å². The van der Waals surface area contributed by atoms with Crippen LogP contribution in [0.2, 0.25) is 0 Å². The van der Waals surface area contributed by atoms with Gasteiger partial charge in [-0.2, -0.15) is 0 Å². The van der Waals surface area contributed by atoms with Crippen molar-refractivity contribution in [3.05, 3.63) is 41.4 Å². The second-order valence-electron chi connectivity index (χ2n) is 2.52. The highest BCUT2D eigenvalue weighted by Crippen LogP contribution is 2.25. The molecule has 0 atom stereocenters. The molecule has 0 aliphatic rings. The van der Waals surface area contributed by atoms with Crippen molar-refractivity contribution in [2.75, 3.05) is 0 Å². The van der Waals surface area contributed by atoms with Gasteiger partial charge in [0.15, 0.2) is 0 Å². The zero-order valence-corrected chi connectivity index (χ0v) is 7.71. The largest absolute Gasteiger partial charge is 0.255 e. The molecule has 62 valence electrons. The molecular formula is C11H7NS. The smallest absolute Gasteiger partial charge is 0.0802 e. The second-order valence-corrected chi connectivity index (χ2v) is 3.61. The molecule has 0 aliphatic heterocycles. The summed E-state index contributed by atoms with van der Waals surface area (Å²) >= 11 is 1.59. The van der Waals surface area contributed by atoms with Gasteiger partial charge in [0, 0.05) is 6.20 Å². The first-order valence-corrected chi connectivity index (χ1v) is 4.69. The van der Waals surface area contributed by atoms with Gasteiger partial charge in [-0.1, -0.05) is 12.0 Å². The van der Waals surface area contributed by atoms with Crippen LogP contribution in [0.15, 0.2) is 36.5 Å². The molecule has 2 aromatic heterocycles. The molecule has 0 radical (unpaired) electrons. The lowest BCUT2D eigenvalue weighted by Gasteiger charge is -1.92. The Morgan fingerprint density at radius 1 is 1.23 bits per heavy atom. The van der Waals surface area contributed by atoms with E-state index < -0.39 is 0 Å². The van der Waals surface area contributed by atoms with Crippen LogP contribution in [0.3, 0.4) is 0 Å². The summed E-state index contributed by atoms with van der Waals surface area (Å²) in [5.41, 5.74) is 0.981. The van der Waals surface area contributed by atoms with E-state index in [1.54, 1.807) is 17.5 Å². The maximum absolute atomic E-state index is 5.28. The highest BCUT2D eigenvalue weighted by molar-refractivity contribution is 7.16. The number of rotatable bonds is 1. The van der Waals surface area contributed by atoms with Gasteiger partial charge < -0.3 is 0 Å². The Morgan fingerprint density at radius 3 is 2.77 bits per heavy atom. The molecule has 0 amide bonds. The predicted molar refractivity (Wildman–Crippen MR) is 55.5 cm³/mol. The zero-order chi connectivity index (χ0) is 9.10. The molecule has 0 saturated carbocycles. The van der Waals surface area contributed by atoms with Crippen LogP contribution in [-0.2, 0) is 0 Å². The van der Waals surface area contributed by atoms with Crippen molar-refractivity contribution >= 4 is 11.3 Å². The summed E-state index contributed by atoms with van der Waals surface area (Å²) in [4.78, 5) is 6.30. The Hall–Kier alpha value is -1.59. The summed E-state index contributed by atoms with van der Waals surface area (Å²) in [6, 6.07) is 9.79. The monoisotopic (exact) mass is 185 g/mol. The van der Waals surface area contributed by atoms with E-state index in [2.05, 4.69) is 10.9 Å². The summed E-state index contributed by atoms with van der Waals surface area (Å²) in [6.45, 7) is 0. The lowest BCUT2D eigenvalue weighted by atomic mass is 10.3. The van der Waals surface area contributed by atoms with Gasteiger partial charge in [-0.25, -0.2) is 0 Å². The molecule has 0 spiro atoms. The number of aromatic nitrogens is 1. The maximum atomic E-state index is 5.28. The Morgan fingerprint density at radius 2 is 2.15 bits per heavy atom. The quantitative estimate of drug-likeness (QED) is 0.622. The zero-order valence-electron chi connectivity index (χ0n) is 6.90. The summed E-state index contributed by atoms with van der Waals surface area (Å²) in [5, 5.41) is 0. The van der Waals surface area contributed by atoms with E-state index in [9.17, 15) is 0 Å². The molecule has 13 heavy (non-hydrogen) atoms. The van der Waals surface area contributed by atoms with Crippen LogP contribution in [0.1, 0.15) is 4.88 Å². The Labute approximate surface area is 81.1 Å². The number of hydrogen-bond donors (Lipinski definition) is 0. The van der Waals surface area contributed by atoms with E-state index in [0.717, 1.165) is 15.4 Å². The minimum absolute atomic E-state index is 0.945. The first kappa shape index (κ1) is 8.03. The fourth-order valence-electron chi connectivity index (χ4n) is 1.06. The van der Waals surface area contributed by atoms with Crippen molar-refractivity contribution in [3.63, 3.8) is 0 Å². The molecule has 2 aromatic rings. The van der Waals surface area contributed by atoms with E-state index in [1.807, 2.05) is 30.3 Å². The highest BCUT2D eigenvalue weighted by Gasteiger charge is 2.00. The van der Waals surface area contributed by atoms with E-state index in [1.165, 1.54) is 0 Å². The van der Waals surface area contributed by atoms with Gasteiger partial charge >= 0.3 is 0 Å². The average Bonchev–Trinajstić information content (AvgIpc) is 2.67. The van der Waals surface area contributed by atoms with Crippen molar-refractivity contribution in [3.8, 4) is 22.9 Å². The predicted octanol–water partition coefficient (Wildman–Crippen LogP) is 2.79. The normalized spacial score (nSPS) is 9.46. The van der Waals surface area contributed by atoms with Gasteiger partial charge in [-0.05, 0) is 24.3 Å². The van der Waals surface area contributed by atoms with E-state index in [0.29, 0.717) is 0 Å². The van der Waals surface area contributed by atoms with Crippen molar-refractivity contribution in [2.24, 2.45) is 0 Å². The molecule has 0 N–H and O–H groups in total. The van der Waals surface area contributed by atoms with E-state index >= 15 is 0 Å². The Bertz CT molecular complexity index is 437. The first-order chi connectivity index (χ1) is 6.40. The first-order valence-electron chi connectivity index (χ1n) is 3.88. The molecule has 0 bridgehead atoms. The number of thiophene rings is 1. The molecular weight excluding hydrogens is 178 g/mol. The molecule has 0 aromatic carbocycles. The molecule has 0 saturated heterocycles. The standard InChI is InChI=1S/C11H7NS/c1-2-9-6-7-11(13-9)10-5-3-4-8-12-10/h1,3-8H. The van der Waals surface area contributed by atoms with E-state index in [4.69, 9.17) is 6.42 Å². The molecule has 0 unspecified atom stereocenters. The van der Waals surface area contributed by atoms with Crippen molar-refractivity contribution in [1.29, 1.82) is 0 Å². The molecule has 2 heteroatoms. The molecule has 1 nitrogen and oxygen atoms in total. The van der Waals surface area contributed by atoms with Gasteiger partial charge in [0.2, 0.25) is 0 Å². The van der Waals surface area contributed by atoms with Gasteiger partial charge in [0.25, 0.3) is 0 Å². The lowest BCUT2D eigenvalue weighted by molar-refractivity contribution is 1.34. The number of terminal acetylenes is 1. The Balaban J connectivity index is 2.43. The minimum Gasteiger partial charge on any atom is -0.255 e. The lowest BCUT2D eigenvalue weighted by Crippen LogP contribution is -1.75. The van der Waals surface area contributed by atoms with Crippen LogP contribution in [0.4, 0.5) is 0 Å². The second kappa shape index (κ2) is 3.42. The Kier molecular flexibility index (Phi) is 2.11. The summed E-state index contributed by atoms with van der Waals surface area (Å²) in [5.74, 6) is 2.61. The summed E-state index contributed by atoms with van der Waals surface area (Å²) < 4.78 is 0. The molecule has 0 fully saturated rings. The molecule has 0 aliphatic carbocycles. The van der Waals surface area contributed by atoms with Crippen molar-refractivity contribution < 1.29 is 0 Å². The minimum atomic E-state index is 0.945. The highest BCUT2D eigenvalue weighted by atomic mass is 32.1. The third kappa shape index (κ3) is 1.61. The topological polar surface area (TPSA) is 12.9 Å². The number of nitrogens with zero attached hydrogens (tertiary/aromatic N) is 1. The fourth-order valence-corrected chi connectivity index (χ4v) is 1.85. The third-order valence-electron chi connectivity index (χ3n) is 1.67. The van der Waals surface area contributed by atoms with Gasteiger partial charge in [0.1, 0.15) is 0 Å². The van der Waals surface area contributed by atoms with Gasteiger partial charge in [-0.3, -0.25) is 4.98 Å². The average molecular weight is 185 g/mol.